The van der Waals surface area contributed by atoms with Gasteiger partial charge in [-0.1, -0.05) is 0 Å². The normalized spacial score (nSPS) is 22.5. The van der Waals surface area contributed by atoms with Crippen molar-refractivity contribution in [1.29, 1.82) is 0 Å². The standard InChI is InChI=1S/C15H16F3N3/c1-9-3-2-4-12(20-9)14-7-19-8-21(14)13-6-10(16)5-11(17)15(13)18/h5-9,12,20H,2-4H2,1H3. The van der Waals surface area contributed by atoms with Gasteiger partial charge in [-0.25, -0.2) is 18.2 Å². The summed E-state index contributed by atoms with van der Waals surface area (Å²) in [5.41, 5.74) is 0.561. The summed E-state index contributed by atoms with van der Waals surface area (Å²) >= 11 is 0. The molecule has 1 fully saturated rings. The molecule has 1 aromatic heterocycles. The maximum Gasteiger partial charge on any atom is 0.183 e. The number of hydrogen-bond donors (Lipinski definition) is 1. The zero-order chi connectivity index (χ0) is 15.0. The Hall–Kier alpha value is -1.82. The van der Waals surface area contributed by atoms with Gasteiger partial charge in [0.25, 0.3) is 0 Å². The molecule has 1 saturated heterocycles. The summed E-state index contributed by atoms with van der Waals surface area (Å²) in [4.78, 5) is 4.01. The number of piperidine rings is 1. The van der Waals surface area contributed by atoms with Gasteiger partial charge in [0.2, 0.25) is 0 Å². The van der Waals surface area contributed by atoms with E-state index >= 15 is 0 Å². The van der Waals surface area contributed by atoms with Crippen LogP contribution >= 0.6 is 0 Å². The number of benzene rings is 1. The molecule has 0 spiro atoms. The lowest BCUT2D eigenvalue weighted by atomic mass is 9.97. The molecule has 0 aliphatic carbocycles. The molecule has 0 radical (unpaired) electrons. The molecule has 2 unspecified atom stereocenters. The lowest BCUT2D eigenvalue weighted by Gasteiger charge is -2.29. The van der Waals surface area contributed by atoms with Crippen molar-refractivity contribution in [3.63, 3.8) is 0 Å². The summed E-state index contributed by atoms with van der Waals surface area (Å²) < 4.78 is 42.2. The molecule has 2 heterocycles. The number of halogens is 3. The molecule has 1 aliphatic rings. The highest BCUT2D eigenvalue weighted by Crippen LogP contribution is 2.28. The number of nitrogens with one attached hydrogen (secondary N) is 1. The van der Waals surface area contributed by atoms with Crippen molar-refractivity contribution in [3.8, 4) is 5.69 Å². The first kappa shape index (κ1) is 14.1. The van der Waals surface area contributed by atoms with E-state index in [9.17, 15) is 13.2 Å². The maximum atomic E-state index is 14.0. The average Bonchev–Trinajstić information content (AvgIpc) is 2.92. The highest BCUT2D eigenvalue weighted by atomic mass is 19.2. The highest BCUT2D eigenvalue weighted by Gasteiger charge is 2.24. The number of aromatic nitrogens is 2. The van der Waals surface area contributed by atoms with Crippen LogP contribution in [-0.4, -0.2) is 15.6 Å². The monoisotopic (exact) mass is 295 g/mol. The minimum atomic E-state index is -1.20. The molecule has 1 N–H and O–H groups in total. The topological polar surface area (TPSA) is 29.9 Å². The van der Waals surface area contributed by atoms with Crippen LogP contribution in [0.3, 0.4) is 0 Å². The van der Waals surface area contributed by atoms with Crippen LogP contribution in [0.1, 0.15) is 37.9 Å². The van der Waals surface area contributed by atoms with Gasteiger partial charge in [-0.15, -0.1) is 0 Å². The molecule has 0 bridgehead atoms. The smallest absolute Gasteiger partial charge is 0.183 e. The second kappa shape index (κ2) is 5.52. The quantitative estimate of drug-likeness (QED) is 0.860. The van der Waals surface area contributed by atoms with Crippen LogP contribution in [0.5, 0.6) is 0 Å². The number of nitrogens with zero attached hydrogens (tertiary/aromatic N) is 2. The third kappa shape index (κ3) is 2.68. The molecule has 3 nitrogen and oxygen atoms in total. The fourth-order valence-electron chi connectivity index (χ4n) is 2.85. The van der Waals surface area contributed by atoms with Crippen molar-refractivity contribution in [2.45, 2.75) is 38.3 Å². The van der Waals surface area contributed by atoms with Gasteiger partial charge in [0.1, 0.15) is 5.82 Å². The summed E-state index contributed by atoms with van der Waals surface area (Å²) in [5, 5.41) is 3.41. The summed E-state index contributed by atoms with van der Waals surface area (Å²) in [6.07, 6.45) is 6.00. The Morgan fingerprint density at radius 2 is 2.05 bits per heavy atom. The molecule has 0 saturated carbocycles. The van der Waals surface area contributed by atoms with Gasteiger partial charge in [0.15, 0.2) is 11.6 Å². The Balaban J connectivity index is 2.03. The molecular weight excluding hydrogens is 279 g/mol. The predicted octanol–water partition coefficient (Wildman–Crippen LogP) is 3.49. The molecule has 3 rings (SSSR count). The van der Waals surface area contributed by atoms with Crippen LogP contribution in [0.15, 0.2) is 24.7 Å². The van der Waals surface area contributed by atoms with E-state index in [-0.39, 0.29) is 11.7 Å². The molecule has 2 atom stereocenters. The van der Waals surface area contributed by atoms with Crippen molar-refractivity contribution in [3.05, 3.63) is 47.8 Å². The van der Waals surface area contributed by atoms with E-state index < -0.39 is 17.5 Å². The SMILES string of the molecule is CC1CCCC(c2cncn2-c2cc(F)cc(F)c2F)N1. The molecular formula is C15H16F3N3. The third-order valence-electron chi connectivity index (χ3n) is 3.87. The van der Waals surface area contributed by atoms with Crippen molar-refractivity contribution in [2.24, 2.45) is 0 Å². The van der Waals surface area contributed by atoms with Crippen LogP contribution in [0.25, 0.3) is 5.69 Å². The van der Waals surface area contributed by atoms with E-state index in [1.165, 1.54) is 10.9 Å². The van der Waals surface area contributed by atoms with E-state index in [2.05, 4.69) is 17.2 Å². The zero-order valence-corrected chi connectivity index (χ0v) is 11.6. The lowest BCUT2D eigenvalue weighted by molar-refractivity contribution is 0.333. The Kier molecular flexibility index (Phi) is 3.71. The minimum absolute atomic E-state index is 0.00183. The number of rotatable bonds is 2. The molecule has 1 aromatic carbocycles. The summed E-state index contributed by atoms with van der Waals surface area (Å²) in [7, 11) is 0. The van der Waals surface area contributed by atoms with Crippen LogP contribution in [0, 0.1) is 17.5 Å². The Bertz CT molecular complexity index is 654. The summed E-state index contributed by atoms with van der Waals surface area (Å²) in [6.45, 7) is 2.08. The summed E-state index contributed by atoms with van der Waals surface area (Å²) in [5.74, 6) is -3.08. The minimum Gasteiger partial charge on any atom is -0.306 e. The van der Waals surface area contributed by atoms with E-state index in [0.29, 0.717) is 17.8 Å². The van der Waals surface area contributed by atoms with E-state index in [4.69, 9.17) is 0 Å². The van der Waals surface area contributed by atoms with Gasteiger partial charge in [0, 0.05) is 24.2 Å². The Morgan fingerprint density at radius 3 is 2.81 bits per heavy atom. The molecule has 112 valence electrons. The number of imidazole rings is 1. The first-order chi connectivity index (χ1) is 10.1. The molecule has 6 heteroatoms. The fraction of sp³-hybridized carbons (Fsp3) is 0.400. The van der Waals surface area contributed by atoms with Crippen LogP contribution in [-0.2, 0) is 0 Å². The fourth-order valence-corrected chi connectivity index (χ4v) is 2.85. The van der Waals surface area contributed by atoms with Gasteiger partial charge in [-0.3, -0.25) is 4.57 Å². The molecule has 1 aliphatic heterocycles. The number of hydrogen-bond acceptors (Lipinski definition) is 2. The van der Waals surface area contributed by atoms with Crippen molar-refractivity contribution < 1.29 is 13.2 Å². The zero-order valence-electron chi connectivity index (χ0n) is 11.6. The van der Waals surface area contributed by atoms with Crippen LogP contribution < -0.4 is 5.32 Å². The van der Waals surface area contributed by atoms with Gasteiger partial charge in [-0.05, 0) is 26.2 Å². The van der Waals surface area contributed by atoms with Gasteiger partial charge in [0.05, 0.1) is 23.9 Å². The first-order valence-corrected chi connectivity index (χ1v) is 6.99. The van der Waals surface area contributed by atoms with Gasteiger partial charge >= 0.3 is 0 Å². The molecule has 2 aromatic rings. The first-order valence-electron chi connectivity index (χ1n) is 6.99. The predicted molar refractivity (Wildman–Crippen MR) is 72.6 cm³/mol. The third-order valence-corrected chi connectivity index (χ3v) is 3.87. The molecule has 0 amide bonds. The Labute approximate surface area is 120 Å². The van der Waals surface area contributed by atoms with Crippen molar-refractivity contribution in [2.75, 3.05) is 0 Å². The van der Waals surface area contributed by atoms with Crippen molar-refractivity contribution in [1.82, 2.24) is 14.9 Å². The second-order valence-electron chi connectivity index (χ2n) is 5.46. The van der Waals surface area contributed by atoms with Crippen LogP contribution in [0.2, 0.25) is 0 Å². The lowest BCUT2D eigenvalue weighted by Crippen LogP contribution is -2.35. The van der Waals surface area contributed by atoms with E-state index in [0.717, 1.165) is 25.3 Å². The molecule has 21 heavy (non-hydrogen) atoms. The maximum absolute atomic E-state index is 14.0. The second-order valence-corrected chi connectivity index (χ2v) is 5.46. The summed E-state index contributed by atoms with van der Waals surface area (Å²) in [6, 6.07) is 1.87. The van der Waals surface area contributed by atoms with Gasteiger partial charge < -0.3 is 5.32 Å². The van der Waals surface area contributed by atoms with Crippen molar-refractivity contribution >= 4 is 0 Å². The highest BCUT2D eigenvalue weighted by molar-refractivity contribution is 5.37. The average molecular weight is 295 g/mol. The Morgan fingerprint density at radius 1 is 1.24 bits per heavy atom. The van der Waals surface area contributed by atoms with Crippen LogP contribution in [0.4, 0.5) is 13.2 Å². The van der Waals surface area contributed by atoms with E-state index in [1.807, 2.05) is 0 Å². The van der Waals surface area contributed by atoms with E-state index in [1.54, 1.807) is 6.20 Å². The van der Waals surface area contributed by atoms with Gasteiger partial charge in [-0.2, -0.15) is 0 Å². The largest absolute Gasteiger partial charge is 0.306 e.